The fourth-order valence-electron chi connectivity index (χ4n) is 2.09. The zero-order valence-electron chi connectivity index (χ0n) is 11.7. The van der Waals surface area contributed by atoms with Gasteiger partial charge in [-0.15, -0.1) is 0 Å². The fourth-order valence-corrected chi connectivity index (χ4v) is 2.91. The molecule has 2 aromatic rings. The van der Waals surface area contributed by atoms with Crippen molar-refractivity contribution in [2.24, 2.45) is 0 Å². The predicted octanol–water partition coefficient (Wildman–Crippen LogP) is 3.96. The Morgan fingerprint density at radius 3 is 2.68 bits per heavy atom. The Labute approximate surface area is 130 Å². The summed E-state index contributed by atoms with van der Waals surface area (Å²) >= 11 is 0.827. The van der Waals surface area contributed by atoms with Gasteiger partial charge in [0.2, 0.25) is 0 Å². The van der Waals surface area contributed by atoms with Gasteiger partial charge in [-0.25, -0.2) is 4.39 Å². The standard InChI is InChI=1S/C16H12FNO3S/c1-10-6-7-12(21-10)8-14-15(19)18(16(20)22-14)9-11-4-2-3-5-13(11)17/h2-8H,9H2,1H3/b14-8-. The second kappa shape index (κ2) is 5.81. The largest absolute Gasteiger partial charge is 0.462 e. The highest BCUT2D eigenvalue weighted by molar-refractivity contribution is 8.18. The molecule has 6 heteroatoms. The van der Waals surface area contributed by atoms with Crippen LogP contribution >= 0.6 is 11.8 Å². The van der Waals surface area contributed by atoms with Gasteiger partial charge in [0.15, 0.2) is 0 Å². The van der Waals surface area contributed by atoms with Crippen molar-refractivity contribution >= 4 is 29.0 Å². The number of nitrogens with zero attached hydrogens (tertiary/aromatic N) is 1. The van der Waals surface area contributed by atoms with Crippen molar-refractivity contribution in [3.63, 3.8) is 0 Å². The highest BCUT2D eigenvalue weighted by atomic mass is 32.2. The smallest absolute Gasteiger partial charge is 0.293 e. The summed E-state index contributed by atoms with van der Waals surface area (Å²) in [7, 11) is 0. The topological polar surface area (TPSA) is 50.5 Å². The molecular formula is C16H12FNO3S. The van der Waals surface area contributed by atoms with Crippen LogP contribution in [0.15, 0.2) is 45.7 Å². The van der Waals surface area contributed by atoms with Crippen LogP contribution in [0.5, 0.6) is 0 Å². The molecule has 2 heterocycles. The highest BCUT2D eigenvalue weighted by Gasteiger charge is 2.35. The number of rotatable bonds is 3. The van der Waals surface area contributed by atoms with Crippen LogP contribution in [0.25, 0.3) is 6.08 Å². The van der Waals surface area contributed by atoms with Crippen molar-refractivity contribution in [2.75, 3.05) is 0 Å². The van der Waals surface area contributed by atoms with Gasteiger partial charge < -0.3 is 4.42 Å². The minimum Gasteiger partial charge on any atom is -0.462 e. The minimum absolute atomic E-state index is 0.0775. The van der Waals surface area contributed by atoms with E-state index in [9.17, 15) is 14.0 Å². The van der Waals surface area contributed by atoms with Crippen molar-refractivity contribution in [3.05, 3.63) is 64.2 Å². The maximum absolute atomic E-state index is 13.7. The second-order valence-electron chi connectivity index (χ2n) is 4.81. The van der Waals surface area contributed by atoms with Gasteiger partial charge in [-0.3, -0.25) is 14.5 Å². The summed E-state index contributed by atoms with van der Waals surface area (Å²) in [5, 5.41) is -0.414. The van der Waals surface area contributed by atoms with E-state index in [1.807, 2.05) is 0 Å². The van der Waals surface area contributed by atoms with Gasteiger partial charge in [0.25, 0.3) is 11.1 Å². The third kappa shape index (κ3) is 2.82. The monoisotopic (exact) mass is 317 g/mol. The van der Waals surface area contributed by atoms with E-state index in [2.05, 4.69) is 0 Å². The van der Waals surface area contributed by atoms with Crippen molar-refractivity contribution in [2.45, 2.75) is 13.5 Å². The molecule has 0 radical (unpaired) electrons. The normalized spacial score (nSPS) is 16.8. The average molecular weight is 317 g/mol. The first-order valence-electron chi connectivity index (χ1n) is 6.60. The molecule has 0 N–H and O–H groups in total. The van der Waals surface area contributed by atoms with Gasteiger partial charge in [0.1, 0.15) is 17.3 Å². The number of amides is 2. The lowest BCUT2D eigenvalue weighted by Gasteiger charge is -2.12. The number of hydrogen-bond acceptors (Lipinski definition) is 4. The molecule has 22 heavy (non-hydrogen) atoms. The average Bonchev–Trinajstić information content (AvgIpc) is 3.00. The van der Waals surface area contributed by atoms with Crippen LogP contribution in [-0.4, -0.2) is 16.0 Å². The summed E-state index contributed by atoms with van der Waals surface area (Å²) < 4.78 is 19.0. The predicted molar refractivity (Wildman–Crippen MR) is 81.4 cm³/mol. The molecule has 3 rings (SSSR count). The lowest BCUT2D eigenvalue weighted by molar-refractivity contribution is -0.123. The Bertz CT molecular complexity index is 781. The summed E-state index contributed by atoms with van der Waals surface area (Å²) in [5.41, 5.74) is 0.305. The van der Waals surface area contributed by atoms with Crippen LogP contribution in [-0.2, 0) is 11.3 Å². The van der Waals surface area contributed by atoms with E-state index in [1.165, 1.54) is 12.1 Å². The van der Waals surface area contributed by atoms with Gasteiger partial charge in [-0.1, -0.05) is 18.2 Å². The molecule has 0 saturated carbocycles. The van der Waals surface area contributed by atoms with Gasteiger partial charge in [0.05, 0.1) is 11.4 Å². The highest BCUT2D eigenvalue weighted by Crippen LogP contribution is 2.33. The molecule has 112 valence electrons. The summed E-state index contributed by atoms with van der Waals surface area (Å²) in [6.45, 7) is 1.72. The second-order valence-corrected chi connectivity index (χ2v) is 5.80. The molecule has 0 bridgehead atoms. The Morgan fingerprint density at radius 2 is 2.00 bits per heavy atom. The van der Waals surface area contributed by atoms with Gasteiger partial charge in [-0.2, -0.15) is 0 Å². The van der Waals surface area contributed by atoms with Gasteiger partial charge in [-0.05, 0) is 36.9 Å². The van der Waals surface area contributed by atoms with Crippen molar-refractivity contribution in [3.8, 4) is 0 Å². The van der Waals surface area contributed by atoms with E-state index < -0.39 is 17.0 Å². The lowest BCUT2D eigenvalue weighted by atomic mass is 10.2. The van der Waals surface area contributed by atoms with Crippen LogP contribution in [0.4, 0.5) is 9.18 Å². The first kappa shape index (κ1) is 14.6. The zero-order chi connectivity index (χ0) is 15.7. The molecule has 1 saturated heterocycles. The maximum atomic E-state index is 13.7. The zero-order valence-corrected chi connectivity index (χ0v) is 12.5. The van der Waals surface area contributed by atoms with Crippen LogP contribution in [0.2, 0.25) is 0 Å². The van der Waals surface area contributed by atoms with Crippen LogP contribution in [0, 0.1) is 12.7 Å². The molecule has 0 unspecified atom stereocenters. The molecule has 0 atom stereocenters. The van der Waals surface area contributed by atoms with E-state index >= 15 is 0 Å². The Hall–Kier alpha value is -2.34. The van der Waals surface area contributed by atoms with Gasteiger partial charge >= 0.3 is 0 Å². The quantitative estimate of drug-likeness (QED) is 0.804. The number of carbonyl (C=O) groups excluding carboxylic acids is 2. The molecule has 1 aromatic heterocycles. The summed E-state index contributed by atoms with van der Waals surface area (Å²) in [5.74, 6) is 0.352. The molecule has 1 aliphatic rings. The van der Waals surface area contributed by atoms with Crippen molar-refractivity contribution < 1.29 is 18.4 Å². The molecule has 0 aliphatic carbocycles. The van der Waals surface area contributed by atoms with Crippen LogP contribution in [0.3, 0.4) is 0 Å². The summed E-state index contributed by atoms with van der Waals surface area (Å²) in [4.78, 5) is 25.6. The maximum Gasteiger partial charge on any atom is 0.293 e. The Morgan fingerprint density at radius 1 is 1.23 bits per heavy atom. The molecule has 0 spiro atoms. The minimum atomic E-state index is -0.438. The molecule has 1 aliphatic heterocycles. The van der Waals surface area contributed by atoms with Crippen molar-refractivity contribution in [1.82, 2.24) is 4.90 Å². The number of hydrogen-bond donors (Lipinski definition) is 0. The first-order valence-corrected chi connectivity index (χ1v) is 7.41. The third-order valence-corrected chi connectivity index (χ3v) is 4.10. The Kier molecular flexibility index (Phi) is 3.85. The van der Waals surface area contributed by atoms with E-state index in [4.69, 9.17) is 4.42 Å². The van der Waals surface area contributed by atoms with E-state index in [0.29, 0.717) is 11.3 Å². The number of aryl methyl sites for hydroxylation is 1. The van der Waals surface area contributed by atoms with E-state index in [1.54, 1.807) is 37.3 Å². The van der Waals surface area contributed by atoms with Crippen LogP contribution in [0.1, 0.15) is 17.1 Å². The van der Waals surface area contributed by atoms with E-state index in [-0.39, 0.29) is 11.4 Å². The number of furan rings is 1. The summed E-state index contributed by atoms with van der Waals surface area (Å²) in [6.07, 6.45) is 1.53. The number of carbonyl (C=O) groups is 2. The molecule has 1 fully saturated rings. The number of imide groups is 1. The third-order valence-electron chi connectivity index (χ3n) is 3.19. The number of halogens is 1. The molecular weight excluding hydrogens is 305 g/mol. The molecule has 1 aromatic carbocycles. The fraction of sp³-hybridized carbons (Fsp3) is 0.125. The van der Waals surface area contributed by atoms with Crippen LogP contribution < -0.4 is 0 Å². The molecule has 4 nitrogen and oxygen atoms in total. The number of thioether (sulfide) groups is 1. The van der Waals surface area contributed by atoms with E-state index in [0.717, 1.165) is 22.4 Å². The SMILES string of the molecule is Cc1ccc(/C=C2\SC(=O)N(Cc3ccccc3F)C2=O)o1. The Balaban J connectivity index is 1.83. The lowest BCUT2D eigenvalue weighted by Crippen LogP contribution is -2.27. The van der Waals surface area contributed by atoms with Crippen molar-refractivity contribution in [1.29, 1.82) is 0 Å². The number of benzene rings is 1. The summed E-state index contributed by atoms with van der Waals surface area (Å²) in [6, 6.07) is 9.58. The molecule has 2 amide bonds. The first-order chi connectivity index (χ1) is 10.5. The van der Waals surface area contributed by atoms with Gasteiger partial charge in [0, 0.05) is 11.6 Å².